The highest BCUT2D eigenvalue weighted by molar-refractivity contribution is 6.02. The van der Waals surface area contributed by atoms with E-state index in [2.05, 4.69) is 27.0 Å². The molecule has 1 N–H and O–H groups in total. The highest BCUT2D eigenvalue weighted by Gasteiger charge is 2.08. The molecule has 0 saturated heterocycles. The van der Waals surface area contributed by atoms with Crippen molar-refractivity contribution < 1.29 is 21.8 Å². The van der Waals surface area contributed by atoms with Crippen molar-refractivity contribution in [2.45, 2.75) is 6.54 Å². The van der Waals surface area contributed by atoms with Crippen molar-refractivity contribution in [1.29, 1.82) is 0 Å². The van der Waals surface area contributed by atoms with Crippen LogP contribution in [0.4, 0.5) is 5.69 Å². The van der Waals surface area contributed by atoms with Crippen molar-refractivity contribution in [3.63, 3.8) is 0 Å². The number of benzene rings is 1. The van der Waals surface area contributed by atoms with E-state index < -0.39 is 0 Å². The van der Waals surface area contributed by atoms with Gasteiger partial charge in [-0.05, 0) is 12.1 Å². The number of carbonyl (C=O) groups excluding carboxylic acids is 1. The second-order valence-corrected chi connectivity index (χ2v) is 4.91. The van der Waals surface area contributed by atoms with E-state index in [1.54, 1.807) is 24.4 Å². The Morgan fingerprint density at radius 1 is 0.957 bits per heavy atom. The quantitative estimate of drug-likeness (QED) is 0.668. The second-order valence-electron chi connectivity index (χ2n) is 4.91. The van der Waals surface area contributed by atoms with Gasteiger partial charge in [0.2, 0.25) is 0 Å². The number of nitrogens with one attached hydrogen (secondary N) is 1. The van der Waals surface area contributed by atoms with Gasteiger partial charge in [0.25, 0.3) is 5.91 Å². The van der Waals surface area contributed by atoms with E-state index in [0.29, 0.717) is 5.69 Å². The average Bonchev–Trinajstić information content (AvgIpc) is 2.58. The number of hydrogen-bond donors (Lipinski definition) is 1. The van der Waals surface area contributed by atoms with Gasteiger partial charge in [-0.25, -0.2) is 4.57 Å². The smallest absolute Gasteiger partial charge is 0.274 e. The molecule has 23 heavy (non-hydrogen) atoms. The predicted octanol–water partition coefficient (Wildman–Crippen LogP) is -0.326. The Balaban J connectivity index is 0.00000192. The molecule has 0 fully saturated rings. The Kier molecular flexibility index (Phi) is 5.83. The fourth-order valence-electron chi connectivity index (χ4n) is 2.13. The molecular formula is C18H16ClN3O. The molecular weight excluding hydrogens is 310 g/mol. The van der Waals surface area contributed by atoms with Crippen molar-refractivity contribution in [3.8, 4) is 0 Å². The summed E-state index contributed by atoms with van der Waals surface area (Å²) in [6, 6.07) is 19.3. The predicted molar refractivity (Wildman–Crippen MR) is 84.4 cm³/mol. The van der Waals surface area contributed by atoms with Gasteiger partial charge >= 0.3 is 0 Å². The molecule has 2 aromatic heterocycles. The van der Waals surface area contributed by atoms with Crippen LogP contribution in [-0.2, 0) is 6.54 Å². The maximum atomic E-state index is 12.0. The molecule has 0 radical (unpaired) electrons. The number of amides is 1. The summed E-state index contributed by atoms with van der Waals surface area (Å²) in [5.74, 6) is -0.207. The maximum Gasteiger partial charge on any atom is 0.274 e. The molecule has 0 atom stereocenters. The van der Waals surface area contributed by atoms with E-state index in [0.717, 1.165) is 12.2 Å². The number of anilines is 1. The van der Waals surface area contributed by atoms with Crippen molar-refractivity contribution in [3.05, 3.63) is 90.5 Å². The van der Waals surface area contributed by atoms with Gasteiger partial charge in [0.15, 0.2) is 18.9 Å². The summed E-state index contributed by atoms with van der Waals surface area (Å²) in [6.07, 6.45) is 5.50. The Hall–Kier alpha value is -2.72. The van der Waals surface area contributed by atoms with Gasteiger partial charge in [0, 0.05) is 23.9 Å². The first-order valence-corrected chi connectivity index (χ1v) is 7.07. The number of nitrogens with zero attached hydrogens (tertiary/aromatic N) is 2. The topological polar surface area (TPSA) is 45.9 Å². The summed E-state index contributed by atoms with van der Waals surface area (Å²) in [6.45, 7) is 0.801. The van der Waals surface area contributed by atoms with E-state index in [1.165, 1.54) is 5.56 Å². The molecule has 0 aliphatic rings. The minimum atomic E-state index is -0.207. The van der Waals surface area contributed by atoms with Crippen LogP contribution in [0.25, 0.3) is 0 Å². The summed E-state index contributed by atoms with van der Waals surface area (Å²) in [5.41, 5.74) is 2.39. The standard InChI is InChI=1S/C18H15N3O.ClH/c22-18(17-8-4-5-11-19-17)20-16-9-12-21(13-10-16)14-15-6-2-1-3-7-15;/h1-13H,14H2;1H. The minimum Gasteiger partial charge on any atom is -1.00 e. The molecule has 0 bridgehead atoms. The van der Waals surface area contributed by atoms with Crippen LogP contribution in [-0.4, -0.2) is 10.9 Å². The molecule has 0 saturated carbocycles. The number of rotatable bonds is 4. The van der Waals surface area contributed by atoms with Crippen LogP contribution in [0, 0.1) is 0 Å². The molecule has 3 rings (SSSR count). The fourth-order valence-corrected chi connectivity index (χ4v) is 2.13. The van der Waals surface area contributed by atoms with Gasteiger partial charge in [-0.3, -0.25) is 9.78 Å². The van der Waals surface area contributed by atoms with E-state index in [1.807, 2.05) is 42.7 Å². The lowest BCUT2D eigenvalue weighted by atomic mass is 10.2. The Morgan fingerprint density at radius 3 is 2.30 bits per heavy atom. The van der Waals surface area contributed by atoms with Crippen LogP contribution in [0.5, 0.6) is 0 Å². The molecule has 0 aliphatic heterocycles. The first-order valence-electron chi connectivity index (χ1n) is 7.07. The molecule has 3 aromatic rings. The molecule has 4 nitrogen and oxygen atoms in total. The van der Waals surface area contributed by atoms with Gasteiger partial charge in [-0.1, -0.05) is 36.4 Å². The number of halogens is 1. The zero-order valence-electron chi connectivity index (χ0n) is 12.4. The average molecular weight is 326 g/mol. The SMILES string of the molecule is O=C(Nc1cc[n+](Cc2ccccc2)cc1)c1ccccn1.[Cl-]. The zero-order valence-corrected chi connectivity index (χ0v) is 13.1. The number of hydrogen-bond acceptors (Lipinski definition) is 2. The molecule has 5 heteroatoms. The van der Waals surface area contributed by atoms with Crippen LogP contribution >= 0.6 is 0 Å². The highest BCUT2D eigenvalue weighted by atomic mass is 35.5. The van der Waals surface area contributed by atoms with Crippen molar-refractivity contribution in [2.75, 3.05) is 5.32 Å². The lowest BCUT2D eigenvalue weighted by Crippen LogP contribution is -3.00. The first-order chi connectivity index (χ1) is 10.8. The highest BCUT2D eigenvalue weighted by Crippen LogP contribution is 2.06. The van der Waals surface area contributed by atoms with Crippen LogP contribution in [0.2, 0.25) is 0 Å². The van der Waals surface area contributed by atoms with Crippen molar-refractivity contribution in [1.82, 2.24) is 4.98 Å². The number of aromatic nitrogens is 2. The van der Waals surface area contributed by atoms with E-state index >= 15 is 0 Å². The van der Waals surface area contributed by atoms with Crippen LogP contribution in [0.3, 0.4) is 0 Å². The molecule has 0 spiro atoms. The first kappa shape index (κ1) is 16.6. The Labute approximate surface area is 141 Å². The van der Waals surface area contributed by atoms with E-state index in [9.17, 15) is 4.79 Å². The Bertz CT molecular complexity index is 746. The van der Waals surface area contributed by atoms with E-state index in [-0.39, 0.29) is 18.3 Å². The third-order valence-corrected chi connectivity index (χ3v) is 3.25. The Morgan fingerprint density at radius 2 is 1.65 bits per heavy atom. The maximum absolute atomic E-state index is 12.0. The summed E-state index contributed by atoms with van der Waals surface area (Å²) < 4.78 is 2.06. The molecule has 2 heterocycles. The third-order valence-electron chi connectivity index (χ3n) is 3.25. The largest absolute Gasteiger partial charge is 1.00 e. The molecule has 1 aromatic carbocycles. The summed E-state index contributed by atoms with van der Waals surface area (Å²) in [7, 11) is 0. The van der Waals surface area contributed by atoms with Crippen LogP contribution < -0.4 is 22.3 Å². The van der Waals surface area contributed by atoms with Gasteiger partial charge < -0.3 is 17.7 Å². The summed E-state index contributed by atoms with van der Waals surface area (Å²) in [5, 5.41) is 2.83. The van der Waals surface area contributed by atoms with Gasteiger partial charge in [0.05, 0.1) is 5.69 Å². The monoisotopic (exact) mass is 325 g/mol. The molecule has 1 amide bonds. The second kappa shape index (κ2) is 8.06. The lowest BCUT2D eigenvalue weighted by Gasteiger charge is -2.04. The van der Waals surface area contributed by atoms with Gasteiger partial charge in [-0.15, -0.1) is 0 Å². The lowest BCUT2D eigenvalue weighted by molar-refractivity contribution is -0.688. The molecule has 0 unspecified atom stereocenters. The molecule has 0 aliphatic carbocycles. The minimum absolute atomic E-state index is 0. The van der Waals surface area contributed by atoms with E-state index in [4.69, 9.17) is 0 Å². The summed E-state index contributed by atoms with van der Waals surface area (Å²) in [4.78, 5) is 16.0. The van der Waals surface area contributed by atoms with Gasteiger partial charge in [0.1, 0.15) is 5.69 Å². The van der Waals surface area contributed by atoms with Gasteiger partial charge in [-0.2, -0.15) is 0 Å². The number of pyridine rings is 2. The number of carbonyl (C=O) groups is 1. The van der Waals surface area contributed by atoms with Crippen LogP contribution in [0.15, 0.2) is 79.3 Å². The zero-order chi connectivity index (χ0) is 15.2. The van der Waals surface area contributed by atoms with Crippen molar-refractivity contribution in [2.24, 2.45) is 0 Å². The molecule has 116 valence electrons. The normalized spacial score (nSPS) is 9.74. The third kappa shape index (κ3) is 4.63. The van der Waals surface area contributed by atoms with Crippen LogP contribution in [0.1, 0.15) is 16.1 Å². The summed E-state index contributed by atoms with van der Waals surface area (Å²) >= 11 is 0. The fraction of sp³-hybridized carbons (Fsp3) is 0.0556. The van der Waals surface area contributed by atoms with Crippen molar-refractivity contribution >= 4 is 11.6 Å².